The second kappa shape index (κ2) is 17.9. The van der Waals surface area contributed by atoms with Gasteiger partial charge in [-0.2, -0.15) is 0 Å². The molecule has 16 heteroatoms. The van der Waals surface area contributed by atoms with Gasteiger partial charge in [0.05, 0.1) is 55.8 Å². The monoisotopic (exact) mass is 862 g/mol. The van der Waals surface area contributed by atoms with Crippen LogP contribution in [0.25, 0.3) is 44.2 Å². The van der Waals surface area contributed by atoms with Crippen LogP contribution in [0.2, 0.25) is 0 Å². The lowest BCUT2D eigenvalue weighted by Crippen LogP contribution is -2.51. The number of carbonyl (C=O) groups is 4. The van der Waals surface area contributed by atoms with E-state index in [2.05, 4.69) is 63.9 Å². The number of H-pyrrole nitrogens is 2. The summed E-state index contributed by atoms with van der Waals surface area (Å²) >= 11 is 0. The molecule has 3 aliphatic heterocycles. The fourth-order valence-electron chi connectivity index (χ4n) is 9.54. The van der Waals surface area contributed by atoms with E-state index >= 15 is 0 Å². The standard InChI is InChI=1S/C47H58N8O8/c1-9-26(5)40(53-47(59)62-8)45(57)55-21-27(22-60-6)15-37(55)43-49-34-13-11-28-17-33-31-12-10-29(16-30(31)23-63-38(33)18-32(28)41(34)51-43)35-19-48-42(50-35)36-14-25(4)20-54(36)44(56)39(24(2)3)52-46(58)61-7/h10-13,16-19,24-27,36-37,39-40H,9,14-15,20-23H2,1-8H3,(H,48,50)(H,49,51)(H,52,58)(H,53,59)/t25-,26-,27-,36-,37-,39-,40?/m0/s1. The Morgan fingerprint density at radius 2 is 1.57 bits per heavy atom. The van der Waals surface area contributed by atoms with Gasteiger partial charge in [0.1, 0.15) is 36.1 Å². The Morgan fingerprint density at radius 3 is 2.29 bits per heavy atom. The van der Waals surface area contributed by atoms with Crippen molar-refractivity contribution in [3.63, 3.8) is 0 Å². The van der Waals surface area contributed by atoms with Gasteiger partial charge in [-0.1, -0.05) is 59.2 Å². The van der Waals surface area contributed by atoms with Crippen LogP contribution in [-0.4, -0.2) is 107 Å². The third-order valence-corrected chi connectivity index (χ3v) is 13.1. The third kappa shape index (κ3) is 8.40. The number of amides is 4. The van der Waals surface area contributed by atoms with E-state index in [-0.39, 0.29) is 47.6 Å². The van der Waals surface area contributed by atoms with Crippen molar-refractivity contribution in [1.82, 2.24) is 40.4 Å². The van der Waals surface area contributed by atoms with E-state index in [9.17, 15) is 19.2 Å². The topological polar surface area (TPSA) is 193 Å². The van der Waals surface area contributed by atoms with Gasteiger partial charge in [0.2, 0.25) is 11.8 Å². The Bertz CT molecular complexity index is 2530. The fraction of sp³-hybridized carbons (Fsp3) is 0.489. The Morgan fingerprint density at radius 1 is 0.857 bits per heavy atom. The highest BCUT2D eigenvalue weighted by atomic mass is 16.5. The number of nitrogens with zero attached hydrogens (tertiary/aromatic N) is 4. The first-order valence-electron chi connectivity index (χ1n) is 21.9. The van der Waals surface area contributed by atoms with Gasteiger partial charge in [0.15, 0.2) is 0 Å². The maximum Gasteiger partial charge on any atom is 0.407 e. The normalized spacial score (nSPS) is 20.8. The van der Waals surface area contributed by atoms with Crippen molar-refractivity contribution in [2.75, 3.05) is 41.0 Å². The van der Waals surface area contributed by atoms with Crippen molar-refractivity contribution in [1.29, 1.82) is 0 Å². The molecule has 0 saturated carbocycles. The number of hydrogen-bond donors (Lipinski definition) is 4. The smallest absolute Gasteiger partial charge is 0.407 e. The van der Waals surface area contributed by atoms with Gasteiger partial charge in [-0.25, -0.2) is 19.6 Å². The summed E-state index contributed by atoms with van der Waals surface area (Å²) in [6.45, 7) is 11.8. The number of nitrogens with one attached hydrogen (secondary N) is 4. The third-order valence-electron chi connectivity index (χ3n) is 13.1. The lowest BCUT2D eigenvalue weighted by Gasteiger charge is -2.30. The minimum atomic E-state index is -0.748. The van der Waals surface area contributed by atoms with E-state index in [0.29, 0.717) is 50.8 Å². The summed E-state index contributed by atoms with van der Waals surface area (Å²) in [5, 5.41) is 7.44. The summed E-state index contributed by atoms with van der Waals surface area (Å²) in [6.07, 6.45) is 2.64. The van der Waals surface area contributed by atoms with E-state index in [1.807, 2.05) is 49.8 Å². The van der Waals surface area contributed by atoms with Crippen LogP contribution in [0.3, 0.4) is 0 Å². The minimum Gasteiger partial charge on any atom is -0.488 e. The largest absolute Gasteiger partial charge is 0.488 e. The maximum atomic E-state index is 14.2. The second-order valence-electron chi connectivity index (χ2n) is 17.8. The molecule has 0 bridgehead atoms. The number of aromatic nitrogens is 4. The highest BCUT2D eigenvalue weighted by Crippen LogP contribution is 2.44. The first-order chi connectivity index (χ1) is 30.3. The molecule has 5 aromatic rings. The molecule has 8 rings (SSSR count). The van der Waals surface area contributed by atoms with Gasteiger partial charge in [0.25, 0.3) is 0 Å². The molecule has 2 aromatic heterocycles. The number of rotatable bonds is 12. The first kappa shape index (κ1) is 43.5. The van der Waals surface area contributed by atoms with Crippen LogP contribution < -0.4 is 15.4 Å². The van der Waals surface area contributed by atoms with Crippen molar-refractivity contribution >= 4 is 45.8 Å². The zero-order chi connectivity index (χ0) is 44.7. The summed E-state index contributed by atoms with van der Waals surface area (Å²) in [7, 11) is 4.25. The van der Waals surface area contributed by atoms with Gasteiger partial charge >= 0.3 is 12.2 Å². The number of carbonyl (C=O) groups excluding carboxylic acids is 4. The Hall–Kier alpha value is -6.16. The van der Waals surface area contributed by atoms with Crippen LogP contribution in [-0.2, 0) is 30.4 Å². The van der Waals surface area contributed by atoms with E-state index in [0.717, 1.165) is 61.9 Å². The van der Waals surface area contributed by atoms with E-state index in [1.54, 1.807) is 7.11 Å². The Balaban J connectivity index is 1.05. The van der Waals surface area contributed by atoms with Crippen LogP contribution in [0.5, 0.6) is 5.75 Å². The number of ether oxygens (including phenoxy) is 4. The highest BCUT2D eigenvalue weighted by molar-refractivity contribution is 6.07. The molecule has 2 saturated heterocycles. The van der Waals surface area contributed by atoms with Gasteiger partial charge in [-0.05, 0) is 76.9 Å². The predicted octanol–water partition coefficient (Wildman–Crippen LogP) is 7.26. The SMILES string of the molecule is CC[C@H](C)C(NC(=O)OC)C(=O)N1C[C@@H](COC)C[C@H]1c1nc2c(ccc3cc4c(cc32)OCc2cc(-c3cnc([C@@H]5C[C@H](C)CN5C(=O)[C@@H](NC(=O)OC)C(C)C)[nH]3)ccc2-4)[nH]1. The zero-order valence-electron chi connectivity index (χ0n) is 37.2. The van der Waals surface area contributed by atoms with Crippen LogP contribution in [0.1, 0.15) is 83.2 Å². The molecular weight excluding hydrogens is 805 g/mol. The summed E-state index contributed by atoms with van der Waals surface area (Å²) in [4.78, 5) is 73.1. The number of aromatic amines is 2. The molecule has 0 aliphatic carbocycles. The average molecular weight is 863 g/mol. The van der Waals surface area contributed by atoms with Gasteiger partial charge in [-0.15, -0.1) is 0 Å². The number of hydrogen-bond acceptors (Lipinski definition) is 10. The number of methoxy groups -OCH3 is 3. The Labute approximate surface area is 366 Å². The fourth-order valence-corrected chi connectivity index (χ4v) is 9.54. The van der Waals surface area contributed by atoms with Crippen LogP contribution in [0.15, 0.2) is 48.7 Å². The molecule has 16 nitrogen and oxygen atoms in total. The quantitative estimate of drug-likeness (QED) is 0.0992. The number of imidazole rings is 2. The van der Waals surface area contributed by atoms with Crippen LogP contribution in [0, 0.1) is 23.7 Å². The molecule has 4 amide bonds. The lowest BCUT2D eigenvalue weighted by atomic mass is 9.92. The molecule has 3 aromatic carbocycles. The summed E-state index contributed by atoms with van der Waals surface area (Å²) in [5.74, 6) is 1.93. The minimum absolute atomic E-state index is 0.0962. The summed E-state index contributed by atoms with van der Waals surface area (Å²) in [6, 6.07) is 12.5. The van der Waals surface area contributed by atoms with E-state index in [4.69, 9.17) is 28.9 Å². The molecule has 63 heavy (non-hydrogen) atoms. The molecule has 3 aliphatic rings. The van der Waals surface area contributed by atoms with Crippen LogP contribution >= 0.6 is 0 Å². The Kier molecular flexibility index (Phi) is 12.4. The molecule has 5 heterocycles. The zero-order valence-corrected chi connectivity index (χ0v) is 37.2. The molecule has 4 N–H and O–H groups in total. The van der Waals surface area contributed by atoms with E-state index < -0.39 is 24.3 Å². The second-order valence-corrected chi connectivity index (χ2v) is 17.8. The molecule has 1 unspecified atom stereocenters. The van der Waals surface area contributed by atoms with Gasteiger partial charge < -0.3 is 49.3 Å². The van der Waals surface area contributed by atoms with Gasteiger partial charge in [-0.3, -0.25) is 9.59 Å². The first-order valence-corrected chi connectivity index (χ1v) is 21.9. The molecule has 0 radical (unpaired) electrons. The van der Waals surface area contributed by atoms with Crippen molar-refractivity contribution in [3.05, 3.63) is 65.9 Å². The predicted molar refractivity (Wildman–Crippen MR) is 237 cm³/mol. The molecule has 2 fully saturated rings. The number of fused-ring (bicyclic) bond motifs is 6. The van der Waals surface area contributed by atoms with Gasteiger partial charge in [0, 0.05) is 37.1 Å². The highest BCUT2D eigenvalue weighted by Gasteiger charge is 2.43. The van der Waals surface area contributed by atoms with Crippen molar-refractivity contribution in [2.24, 2.45) is 23.7 Å². The number of benzene rings is 3. The lowest BCUT2D eigenvalue weighted by molar-refractivity contribution is -0.136. The van der Waals surface area contributed by atoms with Crippen molar-refractivity contribution in [3.8, 4) is 28.1 Å². The number of alkyl carbamates (subject to hydrolysis) is 2. The molecule has 334 valence electrons. The number of likely N-dealkylation sites (tertiary alicyclic amines) is 2. The van der Waals surface area contributed by atoms with Crippen molar-refractivity contribution in [2.45, 2.75) is 84.7 Å². The molecule has 7 atom stereocenters. The molecular formula is C47H58N8O8. The average Bonchev–Trinajstić information content (AvgIpc) is 4.11. The summed E-state index contributed by atoms with van der Waals surface area (Å²) in [5.41, 5.74) is 6.51. The maximum absolute atomic E-state index is 14.2. The van der Waals surface area contributed by atoms with Crippen LogP contribution in [0.4, 0.5) is 9.59 Å². The molecule has 0 spiro atoms. The summed E-state index contributed by atoms with van der Waals surface area (Å²) < 4.78 is 21.7. The van der Waals surface area contributed by atoms with E-state index in [1.165, 1.54) is 14.2 Å². The van der Waals surface area contributed by atoms with Crippen molar-refractivity contribution < 1.29 is 38.1 Å².